The maximum absolute atomic E-state index is 12.4. The monoisotopic (exact) mass is 301 g/mol. The van der Waals surface area contributed by atoms with Crippen LogP contribution in [0.3, 0.4) is 0 Å². The largest absolute Gasteiger partial charge is 0.573 e. The summed E-state index contributed by atoms with van der Waals surface area (Å²) >= 11 is 0. The first-order valence-corrected chi connectivity index (χ1v) is 5.74. The van der Waals surface area contributed by atoms with Crippen molar-refractivity contribution in [3.05, 3.63) is 28.8 Å². The molecule has 0 amide bonds. The van der Waals surface area contributed by atoms with Gasteiger partial charge in [-0.1, -0.05) is 6.07 Å². The highest BCUT2D eigenvalue weighted by Crippen LogP contribution is 2.32. The van der Waals surface area contributed by atoms with E-state index in [2.05, 4.69) is 9.47 Å². The lowest BCUT2D eigenvalue weighted by Gasteiger charge is -2.15. The zero-order valence-corrected chi connectivity index (χ0v) is 10.9. The van der Waals surface area contributed by atoms with Gasteiger partial charge in [-0.3, -0.25) is 9.59 Å². The Labute approximate surface area is 117 Å². The molecule has 112 valence electrons. The molecule has 5 nitrogen and oxygen atoms in total. The highest BCUT2D eigenvalue weighted by molar-refractivity contribution is 5.83. The van der Waals surface area contributed by atoms with Gasteiger partial charge in [-0.25, -0.2) is 0 Å². The number of aldehydes is 1. The third-order valence-corrected chi connectivity index (χ3v) is 2.37. The summed E-state index contributed by atoms with van der Waals surface area (Å²) < 4.78 is 45.7. The maximum Gasteiger partial charge on any atom is 0.573 e. The molecule has 0 heterocycles. The number of rotatable bonds is 5. The van der Waals surface area contributed by atoms with Gasteiger partial charge in [0.1, 0.15) is 11.6 Å². The molecule has 0 aliphatic carbocycles. The second-order valence-electron chi connectivity index (χ2n) is 3.78. The van der Waals surface area contributed by atoms with Crippen LogP contribution in [0.2, 0.25) is 0 Å². The molecule has 21 heavy (non-hydrogen) atoms. The highest BCUT2D eigenvalue weighted by Gasteiger charge is 2.34. The third kappa shape index (κ3) is 4.49. The van der Waals surface area contributed by atoms with Crippen LogP contribution in [0.25, 0.3) is 0 Å². The van der Waals surface area contributed by atoms with Gasteiger partial charge in [0.05, 0.1) is 13.0 Å². The number of benzene rings is 1. The molecule has 1 aromatic carbocycles. The Morgan fingerprint density at radius 3 is 2.57 bits per heavy atom. The Bertz CT molecular complexity index is 590. The topological polar surface area (TPSA) is 76.4 Å². The average Bonchev–Trinajstić information content (AvgIpc) is 2.39. The van der Waals surface area contributed by atoms with E-state index >= 15 is 0 Å². The van der Waals surface area contributed by atoms with Gasteiger partial charge in [0.2, 0.25) is 0 Å². The van der Waals surface area contributed by atoms with Gasteiger partial charge < -0.3 is 9.47 Å². The molecule has 0 saturated carbocycles. The van der Waals surface area contributed by atoms with Crippen LogP contribution in [0.1, 0.15) is 28.4 Å². The fraction of sp³-hybridized carbons (Fsp3) is 0.308. The number of alkyl halides is 3. The van der Waals surface area contributed by atoms with Gasteiger partial charge in [-0.15, -0.1) is 13.2 Å². The van der Waals surface area contributed by atoms with Crippen molar-refractivity contribution in [2.75, 3.05) is 6.61 Å². The second kappa shape index (κ2) is 6.74. The summed E-state index contributed by atoms with van der Waals surface area (Å²) in [5.41, 5.74) is -1.03. The number of carbonyl (C=O) groups is 2. The van der Waals surface area contributed by atoms with Crippen LogP contribution in [0.4, 0.5) is 13.2 Å². The standard InChI is InChI=1S/C13H10F3NO4/c1-2-20-11(19)5-8-3-4-9(7-18)10(6-17)12(8)21-13(14,15)16/h3-4,7H,2,5H2,1H3. The van der Waals surface area contributed by atoms with E-state index in [9.17, 15) is 22.8 Å². The molecule has 0 unspecified atom stereocenters. The molecule has 8 heteroatoms. The number of nitrogens with zero attached hydrogens (tertiary/aromatic N) is 1. The smallest absolute Gasteiger partial charge is 0.466 e. The minimum Gasteiger partial charge on any atom is -0.466 e. The third-order valence-electron chi connectivity index (χ3n) is 2.37. The lowest BCUT2D eigenvalue weighted by atomic mass is 10.0. The molecule has 0 spiro atoms. The van der Waals surface area contributed by atoms with Crippen LogP contribution in [0.5, 0.6) is 5.75 Å². The number of halogens is 3. The van der Waals surface area contributed by atoms with Crippen molar-refractivity contribution in [2.45, 2.75) is 19.7 Å². The predicted octanol–water partition coefficient (Wildman–Crippen LogP) is 2.37. The van der Waals surface area contributed by atoms with Crippen molar-refractivity contribution in [1.82, 2.24) is 0 Å². The van der Waals surface area contributed by atoms with Crippen molar-refractivity contribution in [3.63, 3.8) is 0 Å². The van der Waals surface area contributed by atoms with E-state index in [1.54, 1.807) is 6.92 Å². The molecule has 0 bridgehead atoms. The number of esters is 1. The van der Waals surface area contributed by atoms with Crippen LogP contribution in [0, 0.1) is 11.3 Å². The summed E-state index contributed by atoms with van der Waals surface area (Å²) in [5, 5.41) is 8.92. The fourth-order valence-electron chi connectivity index (χ4n) is 1.59. The fourth-order valence-corrected chi connectivity index (χ4v) is 1.59. The van der Waals surface area contributed by atoms with Crippen molar-refractivity contribution in [2.24, 2.45) is 0 Å². The van der Waals surface area contributed by atoms with Gasteiger partial charge in [-0.05, 0) is 13.0 Å². The van der Waals surface area contributed by atoms with E-state index in [0.717, 1.165) is 12.1 Å². The molecule has 0 atom stereocenters. The van der Waals surface area contributed by atoms with Crippen molar-refractivity contribution in [1.29, 1.82) is 5.26 Å². The van der Waals surface area contributed by atoms with E-state index in [0.29, 0.717) is 0 Å². The van der Waals surface area contributed by atoms with Crippen molar-refractivity contribution in [3.8, 4) is 11.8 Å². The summed E-state index contributed by atoms with van der Waals surface area (Å²) in [6.07, 6.45) is -5.33. The molecule has 0 saturated heterocycles. The van der Waals surface area contributed by atoms with Gasteiger partial charge >= 0.3 is 12.3 Å². The first kappa shape index (κ1) is 16.5. The molecular weight excluding hydrogens is 291 g/mol. The minimum atomic E-state index is -5.06. The first-order valence-electron chi connectivity index (χ1n) is 5.74. The zero-order chi connectivity index (χ0) is 16.0. The Hall–Kier alpha value is -2.56. The summed E-state index contributed by atoms with van der Waals surface area (Å²) in [5.74, 6) is -1.63. The summed E-state index contributed by atoms with van der Waals surface area (Å²) in [6, 6.07) is 3.73. The Morgan fingerprint density at radius 2 is 2.10 bits per heavy atom. The molecule has 0 aromatic heterocycles. The van der Waals surface area contributed by atoms with Gasteiger partial charge in [0, 0.05) is 11.1 Å². The van der Waals surface area contributed by atoms with Crippen LogP contribution in [0.15, 0.2) is 12.1 Å². The molecular formula is C13H10F3NO4. The molecule has 0 aliphatic rings. The van der Waals surface area contributed by atoms with Crippen LogP contribution < -0.4 is 4.74 Å². The molecule has 1 rings (SSSR count). The second-order valence-corrected chi connectivity index (χ2v) is 3.78. The van der Waals surface area contributed by atoms with E-state index in [4.69, 9.17) is 5.26 Å². The number of nitriles is 1. The quantitative estimate of drug-likeness (QED) is 0.616. The average molecular weight is 301 g/mol. The van der Waals surface area contributed by atoms with E-state index in [-0.39, 0.29) is 24.0 Å². The minimum absolute atomic E-state index is 0.0613. The zero-order valence-electron chi connectivity index (χ0n) is 10.9. The highest BCUT2D eigenvalue weighted by atomic mass is 19.4. The maximum atomic E-state index is 12.4. The number of ether oxygens (including phenoxy) is 2. The van der Waals surface area contributed by atoms with E-state index < -0.39 is 30.1 Å². The molecule has 0 fully saturated rings. The number of hydrogen-bond donors (Lipinski definition) is 0. The SMILES string of the molecule is CCOC(=O)Cc1ccc(C=O)c(C#N)c1OC(F)(F)F. The summed E-state index contributed by atoms with van der Waals surface area (Å²) in [4.78, 5) is 22.1. The van der Waals surface area contributed by atoms with Crippen molar-refractivity contribution >= 4 is 12.3 Å². The normalized spacial score (nSPS) is 10.6. The molecule has 0 radical (unpaired) electrons. The van der Waals surface area contributed by atoms with E-state index in [1.165, 1.54) is 6.07 Å². The molecule has 1 aromatic rings. The summed E-state index contributed by atoms with van der Waals surface area (Å²) in [6.45, 7) is 1.60. The van der Waals surface area contributed by atoms with Crippen LogP contribution >= 0.6 is 0 Å². The Kier molecular flexibility index (Phi) is 5.30. The van der Waals surface area contributed by atoms with Gasteiger partial charge in [0.25, 0.3) is 0 Å². The number of carbonyl (C=O) groups excluding carboxylic acids is 2. The lowest BCUT2D eigenvalue weighted by Crippen LogP contribution is -2.20. The van der Waals surface area contributed by atoms with Gasteiger partial charge in [0.15, 0.2) is 12.0 Å². The van der Waals surface area contributed by atoms with Crippen molar-refractivity contribution < 1.29 is 32.2 Å². The Morgan fingerprint density at radius 1 is 1.43 bits per heavy atom. The predicted molar refractivity (Wildman–Crippen MR) is 63.6 cm³/mol. The lowest BCUT2D eigenvalue weighted by molar-refractivity contribution is -0.275. The molecule has 0 N–H and O–H groups in total. The summed E-state index contributed by atoms with van der Waals surface area (Å²) in [7, 11) is 0. The molecule has 0 aliphatic heterocycles. The van der Waals surface area contributed by atoms with Crippen LogP contribution in [-0.4, -0.2) is 25.2 Å². The first-order chi connectivity index (χ1) is 9.82. The van der Waals surface area contributed by atoms with Crippen LogP contribution in [-0.2, 0) is 16.0 Å². The van der Waals surface area contributed by atoms with E-state index in [1.807, 2.05) is 0 Å². The Balaban J connectivity index is 3.33. The van der Waals surface area contributed by atoms with Gasteiger partial charge in [-0.2, -0.15) is 5.26 Å². The number of hydrogen-bond acceptors (Lipinski definition) is 5.